The predicted molar refractivity (Wildman–Crippen MR) is 190 cm³/mol. The molecule has 12 nitrogen and oxygen atoms in total. The normalized spacial score (nSPS) is 10.5. The quantitative estimate of drug-likeness (QED) is 0.0409. The Kier molecular flexibility index (Phi) is 14.0. The summed E-state index contributed by atoms with van der Waals surface area (Å²) in [5.41, 5.74) is 2.70. The second kappa shape index (κ2) is 18.8. The van der Waals surface area contributed by atoms with E-state index in [1.54, 1.807) is 48.8 Å². The number of anilines is 6. The Labute approximate surface area is 287 Å². The molecule has 2 aromatic heterocycles. The summed E-state index contributed by atoms with van der Waals surface area (Å²) in [6.45, 7) is 5.46. The number of non-ortho nitro benzene ring substituents is 1. The van der Waals surface area contributed by atoms with Crippen LogP contribution < -0.4 is 21.3 Å². The molecule has 5 rings (SSSR count). The van der Waals surface area contributed by atoms with Gasteiger partial charge in [-0.1, -0.05) is 32.0 Å². The number of nitro groups is 1. The van der Waals surface area contributed by atoms with Crippen LogP contribution >= 0.6 is 11.8 Å². The highest BCUT2D eigenvalue weighted by Crippen LogP contribution is 2.29. The van der Waals surface area contributed by atoms with Crippen LogP contribution in [-0.4, -0.2) is 43.1 Å². The largest absolute Gasteiger partial charge is 0.391 e. The summed E-state index contributed by atoms with van der Waals surface area (Å²) in [6, 6.07) is 18.7. The van der Waals surface area contributed by atoms with E-state index < -0.39 is 4.92 Å². The molecule has 0 spiro atoms. The van der Waals surface area contributed by atoms with Gasteiger partial charge in [0.15, 0.2) is 0 Å². The SMILES string of the molecule is CCCNc1nc(Nc2cccc(F)c2)ncc1CO.CCCNc1nc(Nc2cccc(F)c2)ncc1CSc1cccc([N+](=O)[O-])c1. The number of aliphatic hydroxyl groups is 1. The van der Waals surface area contributed by atoms with E-state index >= 15 is 0 Å². The smallest absolute Gasteiger partial charge is 0.270 e. The number of hydrogen-bond acceptors (Lipinski definition) is 12. The number of rotatable bonds is 15. The van der Waals surface area contributed by atoms with Crippen molar-refractivity contribution in [3.05, 3.63) is 118 Å². The van der Waals surface area contributed by atoms with Crippen LogP contribution in [0.1, 0.15) is 37.8 Å². The summed E-state index contributed by atoms with van der Waals surface area (Å²) >= 11 is 1.47. The van der Waals surface area contributed by atoms with Crippen LogP contribution in [0.15, 0.2) is 90.1 Å². The first-order valence-corrected chi connectivity index (χ1v) is 16.5. The number of nitro benzene ring substituents is 1. The molecule has 0 saturated heterocycles. The molecule has 3 aromatic carbocycles. The molecule has 0 unspecified atom stereocenters. The third-order valence-corrected chi connectivity index (χ3v) is 7.61. The zero-order chi connectivity index (χ0) is 35.0. The minimum atomic E-state index is -0.408. The average Bonchev–Trinajstić information content (AvgIpc) is 3.10. The Morgan fingerprint density at radius 2 is 1.31 bits per heavy atom. The Bertz CT molecular complexity index is 1830. The Morgan fingerprint density at radius 1 is 0.776 bits per heavy atom. The topological polar surface area (TPSA) is 163 Å². The molecule has 256 valence electrons. The monoisotopic (exact) mass is 689 g/mol. The highest BCUT2D eigenvalue weighted by molar-refractivity contribution is 7.98. The Balaban J connectivity index is 0.000000237. The maximum Gasteiger partial charge on any atom is 0.270 e. The van der Waals surface area contributed by atoms with Gasteiger partial charge >= 0.3 is 0 Å². The molecular formula is C34H37F2N9O3S. The van der Waals surface area contributed by atoms with Gasteiger partial charge < -0.3 is 26.4 Å². The lowest BCUT2D eigenvalue weighted by Crippen LogP contribution is -2.08. The first-order chi connectivity index (χ1) is 23.8. The van der Waals surface area contributed by atoms with E-state index in [0.717, 1.165) is 36.4 Å². The standard InChI is InChI=1S/C20H20FN5O2S.C14H17FN4O/c1-2-9-22-19-14(13-29-18-8-4-7-17(11-18)26(27)28)12-23-20(25-19)24-16-6-3-5-15(21)10-16;1-2-6-16-13-10(9-20)8-17-14(19-13)18-12-5-3-4-11(15)7-12/h3-8,10-12H,2,9,13H2,1H3,(H2,22,23,24,25);3-5,7-8,20H,2,6,9H2,1H3,(H2,16,17,18,19). The van der Waals surface area contributed by atoms with Crippen molar-refractivity contribution in [2.24, 2.45) is 0 Å². The molecule has 5 N–H and O–H groups in total. The number of halogens is 2. The van der Waals surface area contributed by atoms with Crippen molar-refractivity contribution >= 4 is 52.4 Å². The summed E-state index contributed by atoms with van der Waals surface area (Å²) in [5, 5.41) is 32.5. The summed E-state index contributed by atoms with van der Waals surface area (Å²) in [7, 11) is 0. The van der Waals surface area contributed by atoms with Gasteiger partial charge in [0.2, 0.25) is 11.9 Å². The number of nitrogens with zero attached hydrogens (tertiary/aromatic N) is 5. The van der Waals surface area contributed by atoms with E-state index in [4.69, 9.17) is 0 Å². The zero-order valence-corrected chi connectivity index (χ0v) is 27.8. The van der Waals surface area contributed by atoms with Crippen LogP contribution in [0.5, 0.6) is 0 Å². The molecule has 0 saturated carbocycles. The second-order valence-electron chi connectivity index (χ2n) is 10.5. The molecule has 0 amide bonds. The summed E-state index contributed by atoms with van der Waals surface area (Å²) in [4.78, 5) is 28.6. The number of thioether (sulfide) groups is 1. The fourth-order valence-corrected chi connectivity index (χ4v) is 5.10. The van der Waals surface area contributed by atoms with Gasteiger partial charge in [-0.2, -0.15) is 9.97 Å². The van der Waals surface area contributed by atoms with Gasteiger partial charge in [0, 0.05) is 70.8 Å². The molecule has 2 heterocycles. The minimum Gasteiger partial charge on any atom is -0.391 e. The lowest BCUT2D eigenvalue weighted by atomic mass is 10.3. The molecule has 49 heavy (non-hydrogen) atoms. The number of hydrogen-bond donors (Lipinski definition) is 5. The van der Waals surface area contributed by atoms with Crippen LogP contribution in [0, 0.1) is 21.7 Å². The van der Waals surface area contributed by atoms with Gasteiger partial charge in [-0.3, -0.25) is 10.1 Å². The predicted octanol–water partition coefficient (Wildman–Crippen LogP) is 8.06. The summed E-state index contributed by atoms with van der Waals surface area (Å²) < 4.78 is 26.5. The Hall–Kier alpha value is -5.41. The van der Waals surface area contributed by atoms with Gasteiger partial charge in [0.1, 0.15) is 23.3 Å². The van der Waals surface area contributed by atoms with Crippen molar-refractivity contribution in [2.75, 3.05) is 34.4 Å². The van der Waals surface area contributed by atoms with Crippen molar-refractivity contribution < 1.29 is 18.8 Å². The van der Waals surface area contributed by atoms with E-state index in [9.17, 15) is 24.0 Å². The van der Waals surface area contributed by atoms with E-state index in [1.807, 2.05) is 13.0 Å². The van der Waals surface area contributed by atoms with Crippen LogP contribution in [0.4, 0.5) is 49.4 Å². The van der Waals surface area contributed by atoms with Gasteiger partial charge in [-0.15, -0.1) is 11.8 Å². The molecule has 5 aromatic rings. The van der Waals surface area contributed by atoms with Crippen LogP contribution in [0.3, 0.4) is 0 Å². The third-order valence-electron chi connectivity index (χ3n) is 6.57. The number of aliphatic hydroxyl groups excluding tert-OH is 1. The lowest BCUT2D eigenvalue weighted by molar-refractivity contribution is -0.385. The van der Waals surface area contributed by atoms with Crippen LogP contribution in [0.25, 0.3) is 0 Å². The molecular weight excluding hydrogens is 652 g/mol. The second-order valence-corrected chi connectivity index (χ2v) is 11.5. The minimum absolute atomic E-state index is 0.0604. The Morgan fingerprint density at radius 3 is 1.82 bits per heavy atom. The van der Waals surface area contributed by atoms with Crippen molar-refractivity contribution in [3.63, 3.8) is 0 Å². The van der Waals surface area contributed by atoms with E-state index in [2.05, 4.69) is 48.1 Å². The van der Waals surface area contributed by atoms with Gasteiger partial charge in [0.05, 0.1) is 11.5 Å². The first kappa shape index (κ1) is 36.4. The number of aromatic nitrogens is 4. The molecule has 0 bridgehead atoms. The molecule has 0 aliphatic carbocycles. The molecule has 0 aliphatic heterocycles. The van der Waals surface area contributed by atoms with E-state index in [-0.39, 0.29) is 23.9 Å². The van der Waals surface area contributed by atoms with E-state index in [0.29, 0.717) is 46.2 Å². The summed E-state index contributed by atoms with van der Waals surface area (Å²) in [6.07, 6.45) is 5.12. The van der Waals surface area contributed by atoms with Gasteiger partial charge in [0.25, 0.3) is 5.69 Å². The fraction of sp³-hybridized carbons (Fsp3) is 0.235. The molecule has 0 aliphatic rings. The number of benzene rings is 3. The molecule has 0 radical (unpaired) electrons. The average molecular weight is 690 g/mol. The van der Waals surface area contributed by atoms with Crippen LogP contribution in [0.2, 0.25) is 0 Å². The lowest BCUT2D eigenvalue weighted by Gasteiger charge is -2.12. The summed E-state index contributed by atoms with van der Waals surface area (Å²) in [5.74, 6) is 1.86. The van der Waals surface area contributed by atoms with Crippen LogP contribution in [-0.2, 0) is 12.4 Å². The van der Waals surface area contributed by atoms with Gasteiger partial charge in [-0.25, -0.2) is 18.7 Å². The third kappa shape index (κ3) is 11.7. The maximum atomic E-state index is 13.4. The molecule has 0 atom stereocenters. The van der Waals surface area contributed by atoms with E-state index in [1.165, 1.54) is 42.1 Å². The first-order valence-electron chi connectivity index (χ1n) is 15.5. The van der Waals surface area contributed by atoms with Gasteiger partial charge in [-0.05, 0) is 55.3 Å². The molecule has 15 heteroatoms. The highest BCUT2D eigenvalue weighted by atomic mass is 32.2. The zero-order valence-electron chi connectivity index (χ0n) is 27.0. The maximum absolute atomic E-state index is 13.4. The van der Waals surface area contributed by atoms with Crippen molar-refractivity contribution in [1.82, 2.24) is 19.9 Å². The highest BCUT2D eigenvalue weighted by Gasteiger charge is 2.11. The fourth-order valence-electron chi connectivity index (χ4n) is 4.19. The molecule has 0 fully saturated rings. The van der Waals surface area contributed by atoms with Crippen molar-refractivity contribution in [3.8, 4) is 0 Å². The number of nitrogens with one attached hydrogen (secondary N) is 4. The van der Waals surface area contributed by atoms with Crippen molar-refractivity contribution in [2.45, 2.75) is 43.9 Å². The van der Waals surface area contributed by atoms with Crippen molar-refractivity contribution in [1.29, 1.82) is 0 Å².